The number of anilines is 1. The van der Waals surface area contributed by atoms with E-state index in [-0.39, 0.29) is 13.1 Å². The molecular formula is C14H16N2O5. The summed E-state index contributed by atoms with van der Waals surface area (Å²) in [5.74, 6) is -2.27. The zero-order chi connectivity index (χ0) is 15.6. The minimum absolute atomic E-state index is 0.0546. The van der Waals surface area contributed by atoms with Crippen LogP contribution in [0.25, 0.3) is 0 Å². The number of amides is 2. The molecule has 0 saturated heterocycles. The van der Waals surface area contributed by atoms with Gasteiger partial charge >= 0.3 is 18.0 Å². The smallest absolute Gasteiger partial charge is 0.325 e. The molecule has 7 nitrogen and oxygen atoms in total. The maximum atomic E-state index is 12.4. The van der Waals surface area contributed by atoms with Crippen molar-refractivity contribution in [2.45, 2.75) is 5.92 Å². The van der Waals surface area contributed by atoms with E-state index >= 15 is 0 Å². The average Bonchev–Trinajstić information content (AvgIpc) is 2.86. The maximum absolute atomic E-state index is 12.4. The Balaban J connectivity index is 2.23. The highest BCUT2D eigenvalue weighted by molar-refractivity contribution is 5.98. The van der Waals surface area contributed by atoms with Crippen molar-refractivity contribution in [2.75, 3.05) is 32.1 Å². The molecule has 1 aromatic carbocycles. The molecule has 1 N–H and O–H groups in total. The summed E-state index contributed by atoms with van der Waals surface area (Å²) < 4.78 is 4.52. The number of nitrogens with zero attached hydrogens (tertiary/aromatic N) is 2. The third kappa shape index (κ3) is 2.81. The predicted octanol–water partition coefficient (Wildman–Crippen LogP) is 0.900. The molecule has 2 amide bonds. The number of esters is 1. The molecule has 1 heterocycles. The fourth-order valence-corrected chi connectivity index (χ4v) is 2.33. The number of ether oxygens (including phenoxy) is 1. The van der Waals surface area contributed by atoms with E-state index < -0.39 is 23.9 Å². The summed E-state index contributed by atoms with van der Waals surface area (Å²) in [5, 5.41) is 9.26. The Morgan fingerprint density at radius 3 is 2.67 bits per heavy atom. The van der Waals surface area contributed by atoms with Crippen molar-refractivity contribution in [3.05, 3.63) is 29.8 Å². The lowest BCUT2D eigenvalue weighted by Crippen LogP contribution is -2.43. The van der Waals surface area contributed by atoms with Crippen LogP contribution >= 0.6 is 0 Å². The average molecular weight is 292 g/mol. The number of methoxy groups -OCH3 is 1. The van der Waals surface area contributed by atoms with Gasteiger partial charge in [-0.3, -0.25) is 14.5 Å². The molecule has 1 aliphatic rings. The van der Waals surface area contributed by atoms with Gasteiger partial charge in [-0.2, -0.15) is 0 Å². The first-order chi connectivity index (χ1) is 9.95. The number of carboxylic acid groups (broad SMARTS) is 1. The third-order valence-corrected chi connectivity index (χ3v) is 3.42. The molecule has 0 radical (unpaired) electrons. The fraction of sp³-hybridized carbons (Fsp3) is 0.357. The minimum Gasteiger partial charge on any atom is -0.481 e. The number of fused-ring (bicyclic) bond motifs is 1. The van der Waals surface area contributed by atoms with Gasteiger partial charge in [-0.05, 0) is 11.6 Å². The van der Waals surface area contributed by atoms with Crippen molar-refractivity contribution in [1.29, 1.82) is 0 Å². The van der Waals surface area contributed by atoms with E-state index in [2.05, 4.69) is 4.74 Å². The molecule has 21 heavy (non-hydrogen) atoms. The number of hydrogen-bond donors (Lipinski definition) is 1. The van der Waals surface area contributed by atoms with E-state index in [1.807, 2.05) is 0 Å². The van der Waals surface area contributed by atoms with Gasteiger partial charge in [-0.25, -0.2) is 4.79 Å². The summed E-state index contributed by atoms with van der Waals surface area (Å²) in [6, 6.07) is 6.44. The van der Waals surface area contributed by atoms with Crippen LogP contribution in [0.1, 0.15) is 11.5 Å². The van der Waals surface area contributed by atoms with E-state index in [1.165, 1.54) is 24.0 Å². The molecule has 1 atom stereocenters. The first kappa shape index (κ1) is 14.8. The van der Waals surface area contributed by atoms with E-state index in [9.17, 15) is 19.5 Å². The quantitative estimate of drug-likeness (QED) is 0.836. The van der Waals surface area contributed by atoms with Crippen molar-refractivity contribution in [3.63, 3.8) is 0 Å². The number of aliphatic carboxylic acids is 1. The third-order valence-electron chi connectivity index (χ3n) is 3.42. The van der Waals surface area contributed by atoms with Gasteiger partial charge in [0.2, 0.25) is 0 Å². The zero-order valence-electron chi connectivity index (χ0n) is 11.8. The van der Waals surface area contributed by atoms with Crippen LogP contribution in [-0.2, 0) is 14.3 Å². The lowest BCUT2D eigenvalue weighted by Gasteiger charge is -2.24. The largest absolute Gasteiger partial charge is 0.481 e. The van der Waals surface area contributed by atoms with Crippen LogP contribution in [0.15, 0.2) is 24.3 Å². The Morgan fingerprint density at radius 2 is 2.05 bits per heavy atom. The molecule has 0 fully saturated rings. The maximum Gasteiger partial charge on any atom is 0.325 e. The Kier molecular flexibility index (Phi) is 4.11. The molecule has 0 spiro atoms. The molecular weight excluding hydrogens is 276 g/mol. The summed E-state index contributed by atoms with van der Waals surface area (Å²) in [6.45, 7) is -0.134. The number of para-hydroxylation sites is 1. The van der Waals surface area contributed by atoms with Gasteiger partial charge in [0.15, 0.2) is 0 Å². The van der Waals surface area contributed by atoms with Crippen LogP contribution < -0.4 is 4.90 Å². The summed E-state index contributed by atoms with van der Waals surface area (Å²) in [6.07, 6.45) is 0. The van der Waals surface area contributed by atoms with Gasteiger partial charge in [0.05, 0.1) is 7.11 Å². The topological polar surface area (TPSA) is 87.2 Å². The Labute approximate surface area is 121 Å². The van der Waals surface area contributed by atoms with Crippen molar-refractivity contribution >= 4 is 23.7 Å². The Morgan fingerprint density at radius 1 is 1.38 bits per heavy atom. The predicted molar refractivity (Wildman–Crippen MR) is 74.2 cm³/mol. The van der Waals surface area contributed by atoms with Crippen LogP contribution in [0, 0.1) is 0 Å². The first-order valence-corrected chi connectivity index (χ1v) is 6.37. The highest BCUT2D eigenvalue weighted by Gasteiger charge is 2.37. The number of hydrogen-bond acceptors (Lipinski definition) is 4. The number of rotatable bonds is 3. The lowest BCUT2D eigenvalue weighted by atomic mass is 10.0. The highest BCUT2D eigenvalue weighted by atomic mass is 16.5. The number of carboxylic acids is 1. The first-order valence-electron chi connectivity index (χ1n) is 6.37. The molecule has 1 aliphatic heterocycles. The highest BCUT2D eigenvalue weighted by Crippen LogP contribution is 2.36. The second-order valence-electron chi connectivity index (χ2n) is 4.78. The van der Waals surface area contributed by atoms with Gasteiger partial charge in [-0.15, -0.1) is 0 Å². The summed E-state index contributed by atoms with van der Waals surface area (Å²) in [7, 11) is 2.71. The fourth-order valence-electron chi connectivity index (χ4n) is 2.33. The zero-order valence-corrected chi connectivity index (χ0v) is 11.8. The van der Waals surface area contributed by atoms with Gasteiger partial charge in [-0.1, -0.05) is 18.2 Å². The minimum atomic E-state index is -0.978. The van der Waals surface area contributed by atoms with Gasteiger partial charge < -0.3 is 14.7 Å². The lowest BCUT2D eigenvalue weighted by molar-refractivity contribution is -0.141. The van der Waals surface area contributed by atoms with Crippen molar-refractivity contribution < 1.29 is 24.2 Å². The number of carbonyl (C=O) groups excluding carboxylic acids is 2. The summed E-state index contributed by atoms with van der Waals surface area (Å²) >= 11 is 0. The van der Waals surface area contributed by atoms with Crippen LogP contribution in [0.2, 0.25) is 0 Å². The second-order valence-corrected chi connectivity index (χ2v) is 4.78. The van der Waals surface area contributed by atoms with E-state index in [1.54, 1.807) is 24.3 Å². The number of carbonyl (C=O) groups is 3. The molecule has 1 aromatic rings. The van der Waals surface area contributed by atoms with Crippen molar-refractivity contribution in [3.8, 4) is 0 Å². The van der Waals surface area contributed by atoms with Crippen molar-refractivity contribution in [1.82, 2.24) is 4.90 Å². The summed E-state index contributed by atoms with van der Waals surface area (Å²) in [5.41, 5.74) is 1.16. The van der Waals surface area contributed by atoms with Gasteiger partial charge in [0.25, 0.3) is 0 Å². The molecule has 0 aromatic heterocycles. The molecule has 112 valence electrons. The molecule has 0 aliphatic carbocycles. The summed E-state index contributed by atoms with van der Waals surface area (Å²) in [4.78, 5) is 37.5. The molecule has 1 unspecified atom stereocenters. The normalized spacial score (nSPS) is 16.3. The Bertz CT molecular complexity index is 586. The van der Waals surface area contributed by atoms with Crippen molar-refractivity contribution in [2.24, 2.45) is 0 Å². The number of benzene rings is 1. The Hall–Kier alpha value is -2.57. The second kappa shape index (κ2) is 5.82. The van der Waals surface area contributed by atoms with E-state index in [0.29, 0.717) is 11.3 Å². The molecule has 2 rings (SSSR count). The standard InChI is InChI=1S/C14H16N2O5/c1-15(8-12(17)21-2)14(20)16-7-10(13(18)19)9-5-3-4-6-11(9)16/h3-6,10H,7-8H2,1-2H3,(H,18,19). The van der Waals surface area contributed by atoms with Gasteiger partial charge in [0.1, 0.15) is 12.5 Å². The van der Waals surface area contributed by atoms with Crippen LogP contribution in [0.4, 0.5) is 10.5 Å². The van der Waals surface area contributed by atoms with Crippen LogP contribution in [-0.4, -0.2) is 55.2 Å². The molecule has 0 saturated carbocycles. The van der Waals surface area contributed by atoms with Crippen LogP contribution in [0.3, 0.4) is 0 Å². The number of urea groups is 1. The molecule has 7 heteroatoms. The SMILES string of the molecule is COC(=O)CN(C)C(=O)N1CC(C(=O)O)c2ccccc21. The van der Waals surface area contributed by atoms with Gasteiger partial charge in [0, 0.05) is 19.3 Å². The molecule has 0 bridgehead atoms. The number of likely N-dealkylation sites (N-methyl/N-ethyl adjacent to an activating group) is 1. The monoisotopic (exact) mass is 292 g/mol. The van der Waals surface area contributed by atoms with E-state index in [0.717, 1.165) is 0 Å². The van der Waals surface area contributed by atoms with Crippen LogP contribution in [0.5, 0.6) is 0 Å². The van der Waals surface area contributed by atoms with E-state index in [4.69, 9.17) is 0 Å².